The Bertz CT molecular complexity index is 6690. The molecule has 5 N–H and O–H groups in total. The summed E-state index contributed by atoms with van der Waals surface area (Å²) in [6.45, 7) is 11.5. The van der Waals surface area contributed by atoms with Crippen LogP contribution >= 0.6 is 58.0 Å². The number of amides is 5. The van der Waals surface area contributed by atoms with E-state index < -0.39 is 41.3 Å². The fourth-order valence-corrected chi connectivity index (χ4v) is 21.8. The minimum absolute atomic E-state index is 0.0210. The Morgan fingerprint density at radius 2 is 0.806 bits per heavy atom. The Morgan fingerprint density at radius 1 is 0.410 bits per heavy atom. The SMILES string of the molecule is COC1CCN(CC2CCN(c3ncc(Cl)cc3NC(=O)c3cccc(Cl)c3)CC2)CC1.CS(=O)(=O)c1cnc(N2CCC(CC(=O)N[C@H]3CCc4ccccc43)CC2)c(NC(=O)c2cccc(Cl)c2)c1.CS(=O)(=O)c1cnc(N2CCC(CCCc3cccnc3)CC2)c(NC(=O)c2cccc(Cl)c2)c1.C[C@@H](CC(=O)CC1CCN(c2ncc(S(C)(=O)=O)cc2NC(=O)c2cccc(Cl)c2)CC1)c1ccccc1. The Hall–Kier alpha value is -11.5. The Kier molecular flexibility index (Phi) is 38.4. The quantitative estimate of drug-likeness (QED) is 0.0279. The van der Waals surface area contributed by atoms with E-state index in [2.05, 4.69) is 103 Å². The van der Waals surface area contributed by atoms with Crippen LogP contribution in [0.3, 0.4) is 0 Å². The third kappa shape index (κ3) is 31.3. The number of hydrogen-bond donors (Lipinski definition) is 5. The molecule has 6 aliphatic rings. The number of methoxy groups -OCH3 is 1. The van der Waals surface area contributed by atoms with E-state index in [4.69, 9.17) is 62.7 Å². The number of halogens is 5. The lowest BCUT2D eigenvalue weighted by Crippen LogP contribution is -2.43. The molecule has 5 aliphatic heterocycles. The maximum absolute atomic E-state index is 12.9. The molecule has 144 heavy (non-hydrogen) atoms. The van der Waals surface area contributed by atoms with Gasteiger partial charge in [-0.1, -0.05) is 150 Å². The van der Waals surface area contributed by atoms with Gasteiger partial charge < -0.3 is 55.8 Å². The second kappa shape index (κ2) is 51.0. The van der Waals surface area contributed by atoms with Crippen molar-refractivity contribution in [1.82, 2.24) is 35.1 Å². The molecule has 0 saturated carbocycles. The molecule has 5 aromatic heterocycles. The first-order chi connectivity index (χ1) is 69.1. The van der Waals surface area contributed by atoms with Crippen molar-refractivity contribution in [2.45, 2.75) is 155 Å². The number of nitrogens with one attached hydrogen (secondary N) is 5. The second-order valence-corrected chi connectivity index (χ2v) is 46.1. The molecule has 5 fully saturated rings. The Morgan fingerprint density at radius 3 is 1.22 bits per heavy atom. The number of aromatic nitrogens is 5. The van der Waals surface area contributed by atoms with Gasteiger partial charge in [0.25, 0.3) is 23.6 Å². The normalized spacial score (nSPS) is 16.4. The first kappa shape index (κ1) is 108. The van der Waals surface area contributed by atoms with Crippen molar-refractivity contribution in [2.75, 3.05) is 139 Å². The van der Waals surface area contributed by atoms with Crippen LogP contribution < -0.4 is 46.2 Å². The molecule has 760 valence electrons. The van der Waals surface area contributed by atoms with Crippen LogP contribution in [0.4, 0.5) is 46.0 Å². The molecule has 36 heteroatoms. The number of Topliss-reactive ketones (excluding diaryl/α,β-unsaturated/α-hetero) is 1. The van der Waals surface area contributed by atoms with Gasteiger partial charge in [0.1, 0.15) is 5.78 Å². The van der Waals surface area contributed by atoms with Gasteiger partial charge in [-0.25, -0.2) is 45.2 Å². The van der Waals surface area contributed by atoms with Crippen molar-refractivity contribution < 1.29 is 58.8 Å². The Labute approximate surface area is 868 Å². The zero-order valence-electron chi connectivity index (χ0n) is 81.3. The zero-order valence-corrected chi connectivity index (χ0v) is 87.5. The van der Waals surface area contributed by atoms with Crippen LogP contribution in [-0.2, 0) is 56.7 Å². The molecule has 2 atom stereocenters. The van der Waals surface area contributed by atoms with Crippen molar-refractivity contribution >= 4 is 169 Å². The molecule has 1 aliphatic carbocycles. The van der Waals surface area contributed by atoms with Gasteiger partial charge in [0.05, 0.1) is 54.6 Å². The second-order valence-electron chi connectivity index (χ2n) is 37.9. The van der Waals surface area contributed by atoms with Crippen LogP contribution in [-0.4, -0.2) is 194 Å². The fourth-order valence-electron chi connectivity index (χ4n) is 19.2. The predicted octanol–water partition coefficient (Wildman–Crippen LogP) is 20.6. The lowest BCUT2D eigenvalue weighted by Gasteiger charge is -2.38. The summed E-state index contributed by atoms with van der Waals surface area (Å²) in [7, 11) is -8.72. The Balaban J connectivity index is 0.000000153. The van der Waals surface area contributed by atoms with Crippen molar-refractivity contribution in [3.63, 3.8) is 0 Å². The fraction of sp³-hybridized carbons (Fsp3) is 0.380. The summed E-state index contributed by atoms with van der Waals surface area (Å²) in [4.78, 5) is 110. The topological polar surface area (TPSA) is 355 Å². The van der Waals surface area contributed by atoms with Crippen molar-refractivity contribution in [2.24, 2.45) is 23.7 Å². The number of anilines is 8. The summed E-state index contributed by atoms with van der Waals surface area (Å²) >= 11 is 30.3. The molecule has 17 rings (SSSR count). The van der Waals surface area contributed by atoms with Crippen molar-refractivity contribution in [3.8, 4) is 0 Å². The molecule has 0 radical (unpaired) electrons. The minimum atomic E-state index is -3.53. The number of nitrogens with zero attached hydrogens (tertiary/aromatic N) is 10. The summed E-state index contributed by atoms with van der Waals surface area (Å²) in [5, 5.41) is 17.0. The minimum Gasteiger partial charge on any atom is -0.381 e. The number of benzene rings is 6. The van der Waals surface area contributed by atoms with Gasteiger partial charge in [0.15, 0.2) is 52.8 Å². The number of likely N-dealkylation sites (tertiary alicyclic amines) is 1. The van der Waals surface area contributed by atoms with Crippen LogP contribution in [0.15, 0.2) is 240 Å². The van der Waals surface area contributed by atoms with Gasteiger partial charge in [-0.3, -0.25) is 33.8 Å². The smallest absolute Gasteiger partial charge is 0.255 e. The number of ketones is 1. The molecule has 5 saturated heterocycles. The summed E-state index contributed by atoms with van der Waals surface area (Å²) in [6, 6.07) is 55.2. The monoisotopic (exact) mass is 2110 g/mol. The van der Waals surface area contributed by atoms with E-state index in [1.54, 1.807) is 116 Å². The summed E-state index contributed by atoms with van der Waals surface area (Å²) in [5.74, 6) is 3.30. The van der Waals surface area contributed by atoms with Crippen LogP contribution in [0.2, 0.25) is 25.1 Å². The third-order valence-electron chi connectivity index (χ3n) is 27.2. The maximum atomic E-state index is 12.9. The van der Waals surface area contributed by atoms with Gasteiger partial charge in [-0.15, -0.1) is 0 Å². The standard InChI is InChI=1S/C29H31ClN4O4S.C29H32ClN3O4S.C26H29ClN4O3S.C24H30Cl2N4O2/c1-39(37,38)23-17-26(33-29(36)21-6-4-7-22(30)16-21)28(31-18-23)34-13-11-19(12-14-34)15-27(35)32-25-10-9-20-5-2-3-8-24(20)25;1-20(22-7-4-3-5-8-22)15-25(34)16-21-11-13-33(14-12-21)28-27(18-26(19-31-28)38(2,36)37)32-29(35)23-9-6-10-24(30)17-23;1-35(33,34)23-16-24(30-26(32)21-8-3-9-22(27)15-21)25(29-18-23)31-13-10-19(11-14-31)5-2-6-20-7-4-12-28-17-20;1-32-21-7-9-29(10-8-21)16-17-5-11-30(12-6-17)23-22(14-20(26)15-27-23)28-24(31)18-3-2-4-19(25)13-18/h2-8,16-19,25H,9-15H2,1H3,(H,32,35)(H,33,36);3-10,17-21H,11-16H2,1-2H3,(H,32,35);3-4,7-9,12,15-19H,2,5-6,10-11,13-14H2,1H3,(H,30,32);2-4,13-15,17,21H,5-12,16H2,1H3,(H,28,31)/t25-;20-;;/m00../s1. The number of pyridine rings is 5. The number of carbonyl (C=O) groups excluding carboxylic acids is 6. The number of fused-ring (bicyclic) bond motifs is 1. The van der Waals surface area contributed by atoms with Crippen LogP contribution in [0.1, 0.15) is 185 Å². The lowest BCUT2D eigenvalue weighted by atomic mass is 9.87. The van der Waals surface area contributed by atoms with E-state index in [0.717, 1.165) is 167 Å². The van der Waals surface area contributed by atoms with Crippen molar-refractivity contribution in [1.29, 1.82) is 0 Å². The first-order valence-corrected chi connectivity index (χ1v) is 56.3. The molecule has 0 unspecified atom stereocenters. The van der Waals surface area contributed by atoms with Gasteiger partial charge in [0, 0.05) is 197 Å². The summed E-state index contributed by atoms with van der Waals surface area (Å²) in [5.41, 5.74) is 8.22. The summed E-state index contributed by atoms with van der Waals surface area (Å²) in [6.07, 6.45) is 29.6. The highest BCUT2D eigenvalue weighted by Gasteiger charge is 2.34. The molecule has 5 amide bonds. The molecule has 11 aromatic rings. The highest BCUT2D eigenvalue weighted by molar-refractivity contribution is 7.91. The predicted molar refractivity (Wildman–Crippen MR) is 572 cm³/mol. The van der Waals surface area contributed by atoms with Gasteiger partial charge in [-0.05, 0) is 251 Å². The molecule has 6 aromatic carbocycles. The number of piperidine rings is 5. The van der Waals surface area contributed by atoms with Gasteiger partial charge in [-0.2, -0.15) is 0 Å². The molecule has 0 bridgehead atoms. The summed E-state index contributed by atoms with van der Waals surface area (Å²) < 4.78 is 78.5. The number of aryl methyl sites for hydroxylation is 2. The molecule has 10 heterocycles. The number of sulfone groups is 3. The number of rotatable bonds is 30. The average molecular weight is 2110 g/mol. The van der Waals surface area contributed by atoms with E-state index in [-0.39, 0.29) is 62.0 Å². The zero-order chi connectivity index (χ0) is 102. The highest BCUT2D eigenvalue weighted by Crippen LogP contribution is 2.40. The maximum Gasteiger partial charge on any atom is 0.255 e. The van der Waals surface area contributed by atoms with E-state index in [9.17, 15) is 54.0 Å². The van der Waals surface area contributed by atoms with E-state index in [1.165, 1.54) is 59.0 Å². The van der Waals surface area contributed by atoms with Crippen LogP contribution in [0.5, 0.6) is 0 Å². The number of carbonyl (C=O) groups is 6. The molecular formula is C108H122Cl5N15O13S3. The lowest BCUT2D eigenvalue weighted by molar-refractivity contribution is -0.123. The first-order valence-electron chi connectivity index (χ1n) is 48.7. The van der Waals surface area contributed by atoms with E-state index in [1.807, 2.05) is 59.5 Å². The average Bonchev–Trinajstić information content (AvgIpc) is 0.930. The van der Waals surface area contributed by atoms with E-state index in [0.29, 0.717) is 151 Å². The van der Waals surface area contributed by atoms with Crippen LogP contribution in [0, 0.1) is 23.7 Å². The highest BCUT2D eigenvalue weighted by atomic mass is 35.5. The third-order valence-corrected chi connectivity index (χ3v) is 31.6. The molecule has 28 nitrogen and oxygen atoms in total. The van der Waals surface area contributed by atoms with Gasteiger partial charge in [0.2, 0.25) is 5.91 Å². The largest absolute Gasteiger partial charge is 0.381 e. The van der Waals surface area contributed by atoms with Crippen LogP contribution in [0.25, 0.3) is 0 Å². The molecule has 0 spiro atoms. The van der Waals surface area contributed by atoms with Crippen molar-refractivity contribution in [3.05, 3.63) is 295 Å². The van der Waals surface area contributed by atoms with Gasteiger partial charge >= 0.3 is 0 Å². The molecular weight excluding hydrogens is 1990 g/mol. The number of hydrogen-bond acceptors (Lipinski definition) is 23. The van der Waals surface area contributed by atoms with E-state index >= 15 is 0 Å². The number of ether oxygens (including phenoxy) is 1.